The van der Waals surface area contributed by atoms with Crippen LogP contribution in [0.3, 0.4) is 0 Å². The zero-order valence-electron chi connectivity index (χ0n) is 17.8. The molecule has 1 aromatic carbocycles. The molecule has 1 aromatic rings. The van der Waals surface area contributed by atoms with Gasteiger partial charge in [0.05, 0.1) is 6.10 Å². The van der Waals surface area contributed by atoms with Crippen molar-refractivity contribution >= 4 is 5.96 Å². The fourth-order valence-electron chi connectivity index (χ4n) is 6.16. The molecule has 4 fully saturated rings. The largest absolute Gasteiger partial charge is 0.377 e. The van der Waals surface area contributed by atoms with Gasteiger partial charge in [-0.2, -0.15) is 0 Å². The van der Waals surface area contributed by atoms with Gasteiger partial charge < -0.3 is 15.4 Å². The van der Waals surface area contributed by atoms with Crippen molar-refractivity contribution in [3.63, 3.8) is 0 Å². The van der Waals surface area contributed by atoms with Crippen molar-refractivity contribution in [1.29, 1.82) is 0 Å². The lowest BCUT2D eigenvalue weighted by Crippen LogP contribution is -2.72. The smallest absolute Gasteiger partial charge is 0.191 e. The van der Waals surface area contributed by atoms with Gasteiger partial charge in [0.2, 0.25) is 0 Å². The Kier molecular flexibility index (Phi) is 5.53. The maximum Gasteiger partial charge on any atom is 0.191 e. The van der Waals surface area contributed by atoms with Crippen molar-refractivity contribution < 1.29 is 4.74 Å². The summed E-state index contributed by atoms with van der Waals surface area (Å²) >= 11 is 0. The highest BCUT2D eigenvalue weighted by atomic mass is 16.5. The maximum absolute atomic E-state index is 6.09. The summed E-state index contributed by atoms with van der Waals surface area (Å²) in [5.41, 5.74) is 1.81. The number of aliphatic imine (C=N–C) groups is 1. The maximum atomic E-state index is 6.09. The number of nitrogens with one attached hydrogen (secondary N) is 2. The van der Waals surface area contributed by atoms with E-state index >= 15 is 0 Å². The van der Waals surface area contributed by atoms with Crippen LogP contribution in [0.4, 0.5) is 0 Å². The number of fused-ring (bicyclic) bond motifs is 2. The van der Waals surface area contributed by atoms with Crippen molar-refractivity contribution in [2.24, 2.45) is 16.3 Å². The summed E-state index contributed by atoms with van der Waals surface area (Å²) in [6.07, 6.45) is 8.09. The van der Waals surface area contributed by atoms with Crippen molar-refractivity contribution in [1.82, 2.24) is 15.5 Å². The van der Waals surface area contributed by atoms with E-state index in [0.29, 0.717) is 29.5 Å². The summed E-state index contributed by atoms with van der Waals surface area (Å²) in [5.74, 6) is 1.72. The molecule has 158 valence electrons. The first-order chi connectivity index (χ1) is 14.3. The first-order valence-corrected chi connectivity index (χ1v) is 11.7. The number of piperidine rings is 1. The molecule has 1 spiro atoms. The predicted octanol–water partition coefficient (Wildman–Crippen LogP) is 3.16. The Morgan fingerprint density at radius 2 is 1.93 bits per heavy atom. The van der Waals surface area contributed by atoms with Crippen LogP contribution in [0, 0.1) is 11.3 Å². The zero-order valence-corrected chi connectivity index (χ0v) is 17.8. The Balaban J connectivity index is 1.15. The number of ether oxygens (including phenoxy) is 1. The molecular formula is C24H36N4O. The molecule has 5 nitrogen and oxygen atoms in total. The molecule has 2 saturated heterocycles. The molecule has 0 amide bonds. The van der Waals surface area contributed by atoms with Gasteiger partial charge in [-0.05, 0) is 44.6 Å². The third-order valence-corrected chi connectivity index (χ3v) is 7.82. The van der Waals surface area contributed by atoms with E-state index in [1.165, 1.54) is 44.1 Å². The van der Waals surface area contributed by atoms with Crippen LogP contribution in [-0.2, 0) is 11.3 Å². The lowest BCUT2D eigenvalue weighted by Gasteiger charge is -2.63. The molecule has 29 heavy (non-hydrogen) atoms. The number of benzene rings is 1. The van der Waals surface area contributed by atoms with Crippen LogP contribution in [-0.4, -0.2) is 55.3 Å². The Morgan fingerprint density at radius 1 is 1.14 bits per heavy atom. The highest BCUT2D eigenvalue weighted by Crippen LogP contribution is 2.62. The van der Waals surface area contributed by atoms with E-state index in [1.807, 2.05) is 0 Å². The lowest BCUT2D eigenvalue weighted by atomic mass is 9.46. The molecule has 0 bridgehead atoms. The molecule has 2 saturated carbocycles. The van der Waals surface area contributed by atoms with Gasteiger partial charge in [-0.25, -0.2) is 0 Å². The molecule has 2 aliphatic heterocycles. The van der Waals surface area contributed by atoms with Gasteiger partial charge in [0.1, 0.15) is 0 Å². The predicted molar refractivity (Wildman–Crippen MR) is 117 cm³/mol. The second-order valence-corrected chi connectivity index (χ2v) is 9.46. The molecule has 0 aromatic heterocycles. The number of hydrogen-bond donors (Lipinski definition) is 2. The molecule has 3 atom stereocenters. The Labute approximate surface area is 175 Å². The van der Waals surface area contributed by atoms with Gasteiger partial charge in [-0.1, -0.05) is 36.8 Å². The third kappa shape index (κ3) is 3.68. The summed E-state index contributed by atoms with van der Waals surface area (Å²) in [7, 11) is 0. The molecular weight excluding hydrogens is 360 g/mol. The summed E-state index contributed by atoms with van der Waals surface area (Å²) in [5, 5.41) is 7.64. The van der Waals surface area contributed by atoms with E-state index in [2.05, 4.69) is 52.8 Å². The number of rotatable bonds is 5. The van der Waals surface area contributed by atoms with Crippen LogP contribution in [0.25, 0.3) is 0 Å². The van der Waals surface area contributed by atoms with Gasteiger partial charge in [0, 0.05) is 56.2 Å². The van der Waals surface area contributed by atoms with E-state index in [9.17, 15) is 0 Å². The summed E-state index contributed by atoms with van der Waals surface area (Å²) in [6, 6.07) is 11.9. The number of guanidine groups is 1. The van der Waals surface area contributed by atoms with Crippen LogP contribution in [0.5, 0.6) is 0 Å². The minimum absolute atomic E-state index is 0.399. The molecule has 4 aliphatic rings. The SMILES string of the molecule is CCN=C(NC1CCN(Cc2ccccc2)CC1)NC1C2CCOC2C12CCC2. The summed E-state index contributed by atoms with van der Waals surface area (Å²) in [4.78, 5) is 7.38. The van der Waals surface area contributed by atoms with Gasteiger partial charge in [-0.15, -0.1) is 0 Å². The first kappa shape index (κ1) is 19.4. The van der Waals surface area contributed by atoms with Gasteiger partial charge in [0.25, 0.3) is 0 Å². The summed E-state index contributed by atoms with van der Waals surface area (Å²) in [6.45, 7) is 7.27. The second-order valence-electron chi connectivity index (χ2n) is 9.46. The van der Waals surface area contributed by atoms with Crippen molar-refractivity contribution in [2.75, 3.05) is 26.2 Å². The Hall–Kier alpha value is -1.59. The fourth-order valence-corrected chi connectivity index (χ4v) is 6.16. The molecule has 0 radical (unpaired) electrons. The zero-order chi connectivity index (χ0) is 19.7. The van der Waals surface area contributed by atoms with Gasteiger partial charge in [0.15, 0.2) is 5.96 Å². The average molecular weight is 397 g/mol. The van der Waals surface area contributed by atoms with Crippen LogP contribution >= 0.6 is 0 Å². The Morgan fingerprint density at radius 3 is 2.62 bits per heavy atom. The van der Waals surface area contributed by atoms with Crippen LogP contribution in [0.2, 0.25) is 0 Å². The van der Waals surface area contributed by atoms with Gasteiger partial charge >= 0.3 is 0 Å². The van der Waals surface area contributed by atoms with E-state index in [-0.39, 0.29) is 0 Å². The highest BCUT2D eigenvalue weighted by Gasteiger charge is 2.66. The number of likely N-dealkylation sites (tertiary alicyclic amines) is 1. The first-order valence-electron chi connectivity index (χ1n) is 11.7. The number of hydrogen-bond acceptors (Lipinski definition) is 3. The minimum Gasteiger partial charge on any atom is -0.377 e. The second kappa shape index (κ2) is 8.27. The lowest BCUT2D eigenvalue weighted by molar-refractivity contribution is -0.171. The molecule has 2 aliphatic carbocycles. The fraction of sp³-hybridized carbons (Fsp3) is 0.708. The van der Waals surface area contributed by atoms with Crippen molar-refractivity contribution in [2.45, 2.75) is 70.2 Å². The van der Waals surface area contributed by atoms with E-state index < -0.39 is 0 Å². The standard InChI is InChI=1S/C24H36N4O/c1-2-25-23(27-21-20-11-16-29-22(20)24(21)12-6-13-24)26-19-9-14-28(15-10-19)17-18-7-4-3-5-8-18/h3-5,7-8,19-22H,2,6,9-17H2,1H3,(H2,25,26,27). The van der Waals surface area contributed by atoms with Crippen molar-refractivity contribution in [3.05, 3.63) is 35.9 Å². The third-order valence-electron chi connectivity index (χ3n) is 7.82. The molecule has 2 N–H and O–H groups in total. The normalized spacial score (nSPS) is 31.8. The molecule has 5 heteroatoms. The minimum atomic E-state index is 0.399. The quantitative estimate of drug-likeness (QED) is 0.593. The molecule has 3 unspecified atom stereocenters. The number of nitrogens with zero attached hydrogens (tertiary/aromatic N) is 2. The monoisotopic (exact) mass is 396 g/mol. The van der Waals surface area contributed by atoms with Crippen LogP contribution < -0.4 is 10.6 Å². The van der Waals surface area contributed by atoms with E-state index in [0.717, 1.165) is 38.7 Å². The van der Waals surface area contributed by atoms with Crippen LogP contribution in [0.1, 0.15) is 51.0 Å². The Bertz CT molecular complexity index is 709. The average Bonchev–Trinajstić information content (AvgIpc) is 3.12. The van der Waals surface area contributed by atoms with E-state index in [4.69, 9.17) is 9.73 Å². The molecule has 2 heterocycles. The van der Waals surface area contributed by atoms with Crippen LogP contribution in [0.15, 0.2) is 35.3 Å². The van der Waals surface area contributed by atoms with Crippen molar-refractivity contribution in [3.8, 4) is 0 Å². The molecule has 5 rings (SSSR count). The highest BCUT2D eigenvalue weighted by molar-refractivity contribution is 5.80. The van der Waals surface area contributed by atoms with E-state index in [1.54, 1.807) is 0 Å². The topological polar surface area (TPSA) is 48.9 Å². The summed E-state index contributed by atoms with van der Waals surface area (Å²) < 4.78 is 6.09. The van der Waals surface area contributed by atoms with Gasteiger partial charge in [-0.3, -0.25) is 9.89 Å².